The van der Waals surface area contributed by atoms with Crippen molar-refractivity contribution >= 4 is 11.8 Å². The fourth-order valence-corrected chi connectivity index (χ4v) is 2.09. The quantitative estimate of drug-likeness (QED) is 0.894. The van der Waals surface area contributed by atoms with Crippen LogP contribution in [0.2, 0.25) is 0 Å². The second-order valence-electron chi connectivity index (χ2n) is 5.23. The van der Waals surface area contributed by atoms with Crippen LogP contribution in [-0.2, 0) is 4.74 Å². The first kappa shape index (κ1) is 15.9. The van der Waals surface area contributed by atoms with Gasteiger partial charge in [-0.2, -0.15) is 0 Å². The molecule has 0 bridgehead atoms. The Morgan fingerprint density at radius 1 is 1.05 bits per heavy atom. The molecular weight excluding hydrogens is 278 g/mol. The molecule has 1 N–H and O–H groups in total. The molecule has 4 heteroatoms. The molecule has 116 valence electrons. The van der Waals surface area contributed by atoms with Crippen LogP contribution in [0.5, 0.6) is 5.75 Å². The van der Waals surface area contributed by atoms with Gasteiger partial charge >= 0.3 is 6.09 Å². The van der Waals surface area contributed by atoms with Crippen LogP contribution >= 0.6 is 0 Å². The minimum Gasteiger partial charge on any atom is -0.490 e. The van der Waals surface area contributed by atoms with Crippen molar-refractivity contribution in [1.29, 1.82) is 0 Å². The van der Waals surface area contributed by atoms with Crippen LogP contribution in [0.1, 0.15) is 18.1 Å². The molecule has 0 heterocycles. The number of anilines is 1. The number of nitrogens with one attached hydrogen (secondary N) is 1. The SMILES string of the molecule is Cc1cccc(C)c1NC(=O)OC(C)COc1ccccc1. The summed E-state index contributed by atoms with van der Waals surface area (Å²) in [5, 5.41) is 2.79. The summed E-state index contributed by atoms with van der Waals surface area (Å²) in [6, 6.07) is 15.3. The van der Waals surface area contributed by atoms with E-state index in [1.54, 1.807) is 6.92 Å². The lowest BCUT2D eigenvalue weighted by molar-refractivity contribution is 0.0856. The van der Waals surface area contributed by atoms with Gasteiger partial charge in [-0.3, -0.25) is 5.32 Å². The van der Waals surface area contributed by atoms with E-state index >= 15 is 0 Å². The summed E-state index contributed by atoms with van der Waals surface area (Å²) in [6.07, 6.45) is -0.814. The molecule has 2 aromatic carbocycles. The Balaban J connectivity index is 1.84. The van der Waals surface area contributed by atoms with Crippen molar-refractivity contribution < 1.29 is 14.3 Å². The Kier molecular flexibility index (Phi) is 5.42. The van der Waals surface area contributed by atoms with Crippen molar-refractivity contribution in [2.45, 2.75) is 26.9 Å². The smallest absolute Gasteiger partial charge is 0.412 e. The minimum atomic E-state index is -0.471. The Bertz CT molecular complexity index is 605. The van der Waals surface area contributed by atoms with Crippen LogP contribution in [0.4, 0.5) is 10.5 Å². The fraction of sp³-hybridized carbons (Fsp3) is 0.278. The maximum absolute atomic E-state index is 11.9. The maximum Gasteiger partial charge on any atom is 0.412 e. The number of rotatable bonds is 5. The van der Waals surface area contributed by atoms with Crippen LogP contribution in [0.3, 0.4) is 0 Å². The van der Waals surface area contributed by atoms with Gasteiger partial charge in [-0.1, -0.05) is 36.4 Å². The molecule has 0 aliphatic carbocycles. The first-order chi connectivity index (χ1) is 10.6. The van der Waals surface area contributed by atoms with Gasteiger partial charge in [0.15, 0.2) is 0 Å². The highest BCUT2D eigenvalue weighted by Gasteiger charge is 2.12. The summed E-state index contributed by atoms with van der Waals surface area (Å²) >= 11 is 0. The highest BCUT2D eigenvalue weighted by atomic mass is 16.6. The molecule has 4 nitrogen and oxygen atoms in total. The average Bonchev–Trinajstić information content (AvgIpc) is 2.50. The molecule has 0 fully saturated rings. The predicted octanol–water partition coefficient (Wildman–Crippen LogP) is 4.32. The number of ether oxygens (including phenoxy) is 2. The van der Waals surface area contributed by atoms with E-state index in [0.717, 1.165) is 22.6 Å². The third kappa shape index (κ3) is 4.52. The summed E-state index contributed by atoms with van der Waals surface area (Å²) in [6.45, 7) is 6.01. The zero-order valence-corrected chi connectivity index (χ0v) is 13.1. The van der Waals surface area contributed by atoms with Crippen LogP contribution in [0.15, 0.2) is 48.5 Å². The first-order valence-electron chi connectivity index (χ1n) is 7.28. The summed E-state index contributed by atoms with van der Waals surface area (Å²) in [4.78, 5) is 11.9. The molecule has 0 aliphatic heterocycles. The number of hydrogen-bond acceptors (Lipinski definition) is 3. The Morgan fingerprint density at radius 2 is 1.68 bits per heavy atom. The van der Waals surface area contributed by atoms with Crippen LogP contribution in [0.25, 0.3) is 0 Å². The van der Waals surface area contributed by atoms with Gasteiger partial charge in [0.1, 0.15) is 18.5 Å². The van der Waals surface area contributed by atoms with Crippen molar-refractivity contribution in [2.24, 2.45) is 0 Å². The third-order valence-electron chi connectivity index (χ3n) is 3.24. The monoisotopic (exact) mass is 299 g/mol. The summed E-state index contributed by atoms with van der Waals surface area (Å²) < 4.78 is 10.9. The molecule has 2 aromatic rings. The fourth-order valence-electron chi connectivity index (χ4n) is 2.09. The molecule has 0 saturated carbocycles. The zero-order valence-electron chi connectivity index (χ0n) is 13.1. The number of hydrogen-bond donors (Lipinski definition) is 1. The molecule has 0 aromatic heterocycles. The maximum atomic E-state index is 11.9. The van der Waals surface area contributed by atoms with Gasteiger partial charge in [-0.05, 0) is 44.0 Å². The number of carbonyl (C=O) groups is 1. The summed E-state index contributed by atoms with van der Waals surface area (Å²) in [7, 11) is 0. The molecular formula is C18H21NO3. The molecule has 0 radical (unpaired) electrons. The van der Waals surface area contributed by atoms with E-state index in [1.807, 2.05) is 62.4 Å². The average molecular weight is 299 g/mol. The van der Waals surface area contributed by atoms with Crippen molar-refractivity contribution in [3.8, 4) is 5.75 Å². The summed E-state index contributed by atoms with van der Waals surface area (Å²) in [5.41, 5.74) is 2.80. The topological polar surface area (TPSA) is 47.6 Å². The standard InChI is InChI=1S/C18H21NO3/c1-13-8-7-9-14(2)17(13)19-18(20)22-15(3)12-21-16-10-5-4-6-11-16/h4-11,15H,12H2,1-3H3,(H,19,20). The lowest BCUT2D eigenvalue weighted by atomic mass is 10.1. The minimum absolute atomic E-state index is 0.310. The second kappa shape index (κ2) is 7.50. The Labute approximate surface area is 131 Å². The molecule has 1 atom stereocenters. The Hall–Kier alpha value is -2.49. The molecule has 1 amide bonds. The lowest BCUT2D eigenvalue weighted by Crippen LogP contribution is -2.25. The number of para-hydroxylation sites is 2. The molecule has 0 aliphatic rings. The van der Waals surface area contributed by atoms with Gasteiger partial charge in [0.25, 0.3) is 0 Å². The first-order valence-corrected chi connectivity index (χ1v) is 7.28. The van der Waals surface area contributed by atoms with Crippen molar-refractivity contribution in [3.63, 3.8) is 0 Å². The predicted molar refractivity (Wildman–Crippen MR) is 87.4 cm³/mol. The molecule has 2 rings (SSSR count). The number of carbonyl (C=O) groups excluding carboxylic acids is 1. The number of aryl methyl sites for hydroxylation is 2. The van der Waals surface area contributed by atoms with E-state index in [-0.39, 0.29) is 6.10 Å². The largest absolute Gasteiger partial charge is 0.490 e. The van der Waals surface area contributed by atoms with Crippen LogP contribution < -0.4 is 10.1 Å². The van der Waals surface area contributed by atoms with E-state index in [4.69, 9.17) is 9.47 Å². The van der Waals surface area contributed by atoms with Crippen molar-refractivity contribution in [2.75, 3.05) is 11.9 Å². The van der Waals surface area contributed by atoms with E-state index in [1.165, 1.54) is 0 Å². The van der Waals surface area contributed by atoms with Crippen molar-refractivity contribution in [3.05, 3.63) is 59.7 Å². The van der Waals surface area contributed by atoms with E-state index < -0.39 is 6.09 Å². The summed E-state index contributed by atoms with van der Waals surface area (Å²) in [5.74, 6) is 0.758. The highest BCUT2D eigenvalue weighted by Crippen LogP contribution is 2.19. The van der Waals surface area contributed by atoms with Gasteiger partial charge in [0, 0.05) is 5.69 Å². The van der Waals surface area contributed by atoms with Gasteiger partial charge in [0.2, 0.25) is 0 Å². The van der Waals surface area contributed by atoms with Crippen LogP contribution in [-0.4, -0.2) is 18.8 Å². The third-order valence-corrected chi connectivity index (χ3v) is 3.24. The van der Waals surface area contributed by atoms with E-state index in [9.17, 15) is 4.79 Å². The number of benzene rings is 2. The van der Waals surface area contributed by atoms with Gasteiger partial charge in [0.05, 0.1) is 0 Å². The van der Waals surface area contributed by atoms with Gasteiger partial charge in [-0.25, -0.2) is 4.79 Å². The van der Waals surface area contributed by atoms with Gasteiger partial charge < -0.3 is 9.47 Å². The Morgan fingerprint density at radius 3 is 2.32 bits per heavy atom. The number of amides is 1. The zero-order chi connectivity index (χ0) is 15.9. The lowest BCUT2D eigenvalue weighted by Gasteiger charge is -2.16. The van der Waals surface area contributed by atoms with Gasteiger partial charge in [-0.15, -0.1) is 0 Å². The van der Waals surface area contributed by atoms with E-state index in [0.29, 0.717) is 6.61 Å². The highest BCUT2D eigenvalue weighted by molar-refractivity contribution is 5.86. The van der Waals surface area contributed by atoms with Crippen LogP contribution in [0, 0.1) is 13.8 Å². The second-order valence-corrected chi connectivity index (χ2v) is 5.23. The molecule has 22 heavy (non-hydrogen) atoms. The molecule has 1 unspecified atom stereocenters. The van der Waals surface area contributed by atoms with Crippen molar-refractivity contribution in [1.82, 2.24) is 0 Å². The molecule has 0 saturated heterocycles. The normalized spacial score (nSPS) is 11.6. The molecule has 0 spiro atoms. The van der Waals surface area contributed by atoms with E-state index in [2.05, 4.69) is 5.32 Å².